The van der Waals surface area contributed by atoms with Gasteiger partial charge in [-0.1, -0.05) is 178 Å². The molecule has 0 saturated heterocycles. The largest absolute Gasteiger partial charge is 0.454 e. The molecule has 0 radical (unpaired) electrons. The summed E-state index contributed by atoms with van der Waals surface area (Å²) < 4.78 is 9.47. The van der Waals surface area contributed by atoms with Crippen LogP contribution in [0, 0.1) is 0 Å². The summed E-state index contributed by atoms with van der Waals surface area (Å²) in [6.45, 7) is 4.72. The number of fused-ring (bicyclic) bond motifs is 20. The lowest BCUT2D eigenvalue weighted by molar-refractivity contribution is 0.660. The highest BCUT2D eigenvalue weighted by Crippen LogP contribution is 2.52. The zero-order valence-corrected chi connectivity index (χ0v) is 37.3. The van der Waals surface area contributed by atoms with Crippen LogP contribution in [0.4, 0.5) is 17.1 Å². The SMILES string of the molecule is CC1(C)c2ccccc2-c2ccc(N(c3ccc4c(c3)c3ccccc3c3ccccc3c3ccccc3c3c4ccc4sc5ccccc5c43)c3cccc4c3oc3ccccc34)cc21. The van der Waals surface area contributed by atoms with Crippen molar-refractivity contribution in [2.45, 2.75) is 19.3 Å². The van der Waals surface area contributed by atoms with Crippen LogP contribution in [0.1, 0.15) is 25.0 Å². The maximum absolute atomic E-state index is 6.87. The molecule has 14 rings (SSSR count). The summed E-state index contributed by atoms with van der Waals surface area (Å²) in [6.07, 6.45) is 0. The summed E-state index contributed by atoms with van der Waals surface area (Å²) in [6, 6.07) is 78.8. The Labute approximate surface area is 385 Å². The van der Waals surface area contributed by atoms with Crippen LogP contribution in [-0.4, -0.2) is 0 Å². The standard InChI is InChI=1S/C63H41NOS/c1-63(2)54-26-12-9-21-46(54)47-33-31-39(37-55(47)63)64(56-27-15-25-51-48-22-10-13-28-57(48)65-62(51)56)38-30-32-45-50-34-35-59-61(52-24-11-14-29-58(52)66-59)60(50)49-23-8-7-19-43(49)41-17-4-3-16-40(41)42-18-5-6-20-44(42)53(45)36-38/h3-37H,1-2H3. The van der Waals surface area contributed by atoms with Crippen LogP contribution in [-0.2, 0) is 5.41 Å². The van der Waals surface area contributed by atoms with Crippen molar-refractivity contribution in [1.82, 2.24) is 0 Å². The molecule has 2 aromatic heterocycles. The summed E-state index contributed by atoms with van der Waals surface area (Å²) in [7, 11) is 0. The minimum absolute atomic E-state index is 0.175. The van der Waals surface area contributed by atoms with Crippen LogP contribution in [0.15, 0.2) is 217 Å². The molecule has 0 saturated carbocycles. The second kappa shape index (κ2) is 14.0. The van der Waals surface area contributed by atoms with E-state index in [1.165, 1.54) is 96.3 Å². The van der Waals surface area contributed by atoms with Gasteiger partial charge in [0.2, 0.25) is 0 Å². The van der Waals surface area contributed by atoms with Crippen LogP contribution in [0.2, 0.25) is 0 Å². The summed E-state index contributed by atoms with van der Waals surface area (Å²) in [5.41, 5.74) is 10.0. The molecule has 0 atom stereocenters. The maximum Gasteiger partial charge on any atom is 0.159 e. The van der Waals surface area contributed by atoms with Crippen LogP contribution in [0.5, 0.6) is 0 Å². The molecule has 0 aliphatic heterocycles. The van der Waals surface area contributed by atoms with Crippen molar-refractivity contribution in [2.24, 2.45) is 0 Å². The van der Waals surface area contributed by atoms with E-state index in [2.05, 4.69) is 231 Å². The van der Waals surface area contributed by atoms with Gasteiger partial charge in [-0.3, -0.25) is 0 Å². The van der Waals surface area contributed by atoms with Gasteiger partial charge in [-0.2, -0.15) is 0 Å². The van der Waals surface area contributed by atoms with Crippen molar-refractivity contribution in [2.75, 3.05) is 4.90 Å². The summed E-state index contributed by atoms with van der Waals surface area (Å²) in [5.74, 6) is 0. The maximum atomic E-state index is 6.87. The van der Waals surface area contributed by atoms with Gasteiger partial charge in [0.05, 0.1) is 5.69 Å². The Kier molecular flexibility index (Phi) is 7.94. The number of nitrogens with zero attached hydrogens (tertiary/aromatic N) is 1. The summed E-state index contributed by atoms with van der Waals surface area (Å²) >= 11 is 1.88. The molecule has 2 nitrogen and oxygen atoms in total. The molecule has 0 spiro atoms. The Bertz CT molecular complexity index is 4280. The fraction of sp³-hybridized carbons (Fsp3) is 0.0476. The van der Waals surface area contributed by atoms with E-state index in [1.54, 1.807) is 0 Å². The van der Waals surface area contributed by atoms with E-state index in [4.69, 9.17) is 4.42 Å². The Morgan fingerprint density at radius 2 is 0.894 bits per heavy atom. The molecule has 0 bridgehead atoms. The first-order valence-corrected chi connectivity index (χ1v) is 23.6. The first-order chi connectivity index (χ1) is 32.5. The minimum Gasteiger partial charge on any atom is -0.454 e. The zero-order valence-electron chi connectivity index (χ0n) is 36.5. The first-order valence-electron chi connectivity index (χ1n) is 22.8. The van der Waals surface area contributed by atoms with Crippen LogP contribution >= 0.6 is 11.3 Å². The molecule has 310 valence electrons. The first kappa shape index (κ1) is 37.4. The highest BCUT2D eigenvalue weighted by Gasteiger charge is 2.36. The van der Waals surface area contributed by atoms with Gasteiger partial charge < -0.3 is 9.32 Å². The molecule has 0 unspecified atom stereocenters. The Balaban J connectivity index is 1.16. The number of hydrogen-bond donors (Lipinski definition) is 0. The molecule has 2 heterocycles. The van der Waals surface area contributed by atoms with E-state index in [0.717, 1.165) is 39.0 Å². The zero-order chi connectivity index (χ0) is 43.7. The van der Waals surface area contributed by atoms with Crippen molar-refractivity contribution >= 4 is 124 Å². The van der Waals surface area contributed by atoms with Gasteiger partial charge in [0.25, 0.3) is 0 Å². The minimum atomic E-state index is -0.175. The van der Waals surface area contributed by atoms with Gasteiger partial charge in [-0.05, 0) is 125 Å². The second-order valence-corrected chi connectivity index (χ2v) is 19.4. The summed E-state index contributed by atoms with van der Waals surface area (Å²) in [5, 5.41) is 17.0. The smallest absolute Gasteiger partial charge is 0.159 e. The van der Waals surface area contributed by atoms with E-state index in [-0.39, 0.29) is 5.41 Å². The Morgan fingerprint density at radius 3 is 1.67 bits per heavy atom. The van der Waals surface area contributed by atoms with Crippen molar-refractivity contribution in [3.63, 3.8) is 0 Å². The molecular formula is C63H41NOS. The lowest BCUT2D eigenvalue weighted by Gasteiger charge is -2.28. The van der Waals surface area contributed by atoms with Crippen molar-refractivity contribution in [3.05, 3.63) is 223 Å². The molecule has 0 amide bonds. The van der Waals surface area contributed by atoms with Crippen molar-refractivity contribution < 1.29 is 4.42 Å². The highest BCUT2D eigenvalue weighted by molar-refractivity contribution is 7.26. The lowest BCUT2D eigenvalue weighted by atomic mass is 9.82. The molecule has 13 aromatic rings. The van der Waals surface area contributed by atoms with Crippen molar-refractivity contribution in [1.29, 1.82) is 0 Å². The quantitative estimate of drug-likeness (QED) is 0.176. The van der Waals surface area contributed by atoms with E-state index in [0.29, 0.717) is 0 Å². The third-order valence-electron chi connectivity index (χ3n) is 14.5. The van der Waals surface area contributed by atoms with Crippen LogP contribution in [0.3, 0.4) is 0 Å². The van der Waals surface area contributed by atoms with Gasteiger partial charge in [0.1, 0.15) is 5.58 Å². The summed E-state index contributed by atoms with van der Waals surface area (Å²) in [4.78, 5) is 2.44. The van der Waals surface area contributed by atoms with Gasteiger partial charge >= 0.3 is 0 Å². The number of anilines is 3. The van der Waals surface area contributed by atoms with E-state index < -0.39 is 0 Å². The predicted molar refractivity (Wildman–Crippen MR) is 284 cm³/mol. The van der Waals surface area contributed by atoms with Crippen molar-refractivity contribution in [3.8, 4) is 11.1 Å². The Morgan fingerprint density at radius 1 is 0.364 bits per heavy atom. The number of para-hydroxylation sites is 2. The molecule has 0 N–H and O–H groups in total. The normalized spacial score (nSPS) is 13.1. The monoisotopic (exact) mass is 859 g/mol. The third kappa shape index (κ3) is 5.29. The predicted octanol–water partition coefficient (Wildman–Crippen LogP) is 18.6. The van der Waals surface area contributed by atoms with Gasteiger partial charge in [0.15, 0.2) is 5.58 Å². The van der Waals surface area contributed by atoms with E-state index in [9.17, 15) is 0 Å². The molecule has 1 aliphatic rings. The molecule has 11 aromatic carbocycles. The molecule has 0 fully saturated rings. The average molecular weight is 860 g/mol. The molecule has 1 aliphatic carbocycles. The second-order valence-electron chi connectivity index (χ2n) is 18.3. The van der Waals surface area contributed by atoms with Crippen LogP contribution < -0.4 is 4.90 Å². The van der Waals surface area contributed by atoms with Gasteiger partial charge in [-0.25, -0.2) is 0 Å². The number of benzene rings is 10. The average Bonchev–Trinajstić information content (AvgIpc) is 4.02. The van der Waals surface area contributed by atoms with E-state index >= 15 is 0 Å². The van der Waals surface area contributed by atoms with E-state index in [1.807, 2.05) is 11.3 Å². The van der Waals surface area contributed by atoms with Gasteiger partial charge in [-0.15, -0.1) is 11.3 Å². The third-order valence-corrected chi connectivity index (χ3v) is 15.6. The number of furan rings is 1. The lowest BCUT2D eigenvalue weighted by Crippen LogP contribution is -2.16. The number of hydrogen-bond acceptors (Lipinski definition) is 3. The topological polar surface area (TPSA) is 16.4 Å². The number of thiophene rings is 1. The van der Waals surface area contributed by atoms with Gasteiger partial charge in [0, 0.05) is 47.7 Å². The molecule has 3 heteroatoms. The Hall–Kier alpha value is -7.98. The van der Waals surface area contributed by atoms with Crippen LogP contribution in [0.25, 0.3) is 107 Å². The molecule has 66 heavy (non-hydrogen) atoms. The fourth-order valence-electron chi connectivity index (χ4n) is 11.5. The number of rotatable bonds is 3. The molecular weight excluding hydrogens is 819 g/mol. The highest BCUT2D eigenvalue weighted by atomic mass is 32.1. The fourth-order valence-corrected chi connectivity index (χ4v) is 12.6.